The van der Waals surface area contributed by atoms with Crippen LogP contribution < -0.4 is 10.2 Å². The van der Waals surface area contributed by atoms with Gasteiger partial charge < -0.3 is 19.5 Å². The maximum Gasteiger partial charge on any atom is 0.289 e. The Morgan fingerprint density at radius 2 is 1.89 bits per heavy atom. The molecule has 6 heteroatoms. The molecule has 27 heavy (non-hydrogen) atoms. The third kappa shape index (κ3) is 4.98. The third-order valence-corrected chi connectivity index (χ3v) is 5.28. The Bertz CT molecular complexity index is 747. The molecule has 2 heterocycles. The lowest BCUT2D eigenvalue weighted by Crippen LogP contribution is -3.15. The zero-order valence-corrected chi connectivity index (χ0v) is 16.0. The lowest BCUT2D eigenvalue weighted by molar-refractivity contribution is -0.895. The average molecular weight is 370 g/mol. The van der Waals surface area contributed by atoms with Crippen LogP contribution in [0.3, 0.4) is 0 Å². The predicted octanol–water partition coefficient (Wildman–Crippen LogP) is 1.77. The Labute approximate surface area is 160 Å². The molecule has 1 aromatic heterocycles. The van der Waals surface area contributed by atoms with Gasteiger partial charge in [-0.05, 0) is 42.2 Å². The van der Waals surface area contributed by atoms with E-state index in [2.05, 4.69) is 31.3 Å². The molecule has 0 bridgehead atoms. The van der Waals surface area contributed by atoms with Crippen LogP contribution in [0.4, 0.5) is 5.69 Å². The van der Waals surface area contributed by atoms with Crippen molar-refractivity contribution in [3.05, 3.63) is 54.0 Å². The van der Waals surface area contributed by atoms with E-state index in [0.717, 1.165) is 25.2 Å². The molecule has 0 saturated carbocycles. The second-order valence-corrected chi connectivity index (χ2v) is 7.18. The van der Waals surface area contributed by atoms with Crippen LogP contribution in [-0.2, 0) is 4.79 Å². The van der Waals surface area contributed by atoms with Gasteiger partial charge in [-0.3, -0.25) is 9.59 Å². The van der Waals surface area contributed by atoms with Crippen LogP contribution >= 0.6 is 0 Å². The predicted molar refractivity (Wildman–Crippen MR) is 104 cm³/mol. The zero-order valence-electron chi connectivity index (χ0n) is 16.0. The Morgan fingerprint density at radius 1 is 1.19 bits per heavy atom. The molecule has 0 unspecified atom stereocenters. The summed E-state index contributed by atoms with van der Waals surface area (Å²) in [7, 11) is 0. The van der Waals surface area contributed by atoms with E-state index in [0.29, 0.717) is 31.3 Å². The van der Waals surface area contributed by atoms with Gasteiger partial charge in [0.05, 0.1) is 32.4 Å². The number of hydrogen-bond donors (Lipinski definition) is 2. The highest BCUT2D eigenvalue weighted by Gasteiger charge is 2.27. The van der Waals surface area contributed by atoms with E-state index < -0.39 is 0 Å². The highest BCUT2D eigenvalue weighted by atomic mass is 16.3. The molecule has 1 fully saturated rings. The lowest BCUT2D eigenvalue weighted by Gasteiger charge is -2.31. The number of hydrogen-bond acceptors (Lipinski definition) is 3. The molecule has 1 atom stereocenters. The number of carbonyl (C=O) groups excluding carboxylic acids is 2. The number of quaternary nitrogens is 1. The van der Waals surface area contributed by atoms with Crippen molar-refractivity contribution in [3.63, 3.8) is 0 Å². The van der Waals surface area contributed by atoms with Gasteiger partial charge in [0.1, 0.15) is 0 Å². The van der Waals surface area contributed by atoms with Crippen molar-refractivity contribution >= 4 is 17.5 Å². The van der Waals surface area contributed by atoms with Gasteiger partial charge in [0.15, 0.2) is 12.3 Å². The summed E-state index contributed by atoms with van der Waals surface area (Å²) in [5, 5.41) is 2.97. The van der Waals surface area contributed by atoms with Crippen LogP contribution in [0, 0.1) is 0 Å². The van der Waals surface area contributed by atoms with Crippen LogP contribution in [-0.4, -0.2) is 49.4 Å². The normalized spacial score (nSPS) is 16.1. The van der Waals surface area contributed by atoms with Crippen LogP contribution in [0.15, 0.2) is 47.1 Å². The molecular weight excluding hydrogens is 342 g/mol. The van der Waals surface area contributed by atoms with Gasteiger partial charge in [-0.2, -0.15) is 0 Å². The molecule has 2 N–H and O–H groups in total. The average Bonchev–Trinajstić information content (AvgIpc) is 3.23. The van der Waals surface area contributed by atoms with Crippen molar-refractivity contribution in [3.8, 4) is 0 Å². The molecule has 3 rings (SSSR count). The number of furan rings is 1. The summed E-state index contributed by atoms with van der Waals surface area (Å²) < 4.78 is 5.17. The zero-order chi connectivity index (χ0) is 19.2. The lowest BCUT2D eigenvalue weighted by atomic mass is 9.99. The Balaban J connectivity index is 1.45. The van der Waals surface area contributed by atoms with Crippen molar-refractivity contribution in [2.24, 2.45) is 0 Å². The van der Waals surface area contributed by atoms with Crippen molar-refractivity contribution < 1.29 is 18.9 Å². The summed E-state index contributed by atoms with van der Waals surface area (Å²) >= 11 is 0. The second-order valence-electron chi connectivity index (χ2n) is 7.18. The van der Waals surface area contributed by atoms with Gasteiger partial charge in [0, 0.05) is 5.69 Å². The van der Waals surface area contributed by atoms with Gasteiger partial charge in [-0.1, -0.05) is 26.0 Å². The molecule has 0 aliphatic carbocycles. The second kappa shape index (κ2) is 8.86. The minimum absolute atomic E-state index is 0.00658. The molecule has 2 amide bonds. The highest BCUT2D eigenvalue weighted by molar-refractivity contribution is 5.92. The maximum absolute atomic E-state index is 12.3. The number of carbonyl (C=O) groups is 2. The van der Waals surface area contributed by atoms with Crippen LogP contribution in [0.2, 0.25) is 0 Å². The fourth-order valence-electron chi connectivity index (χ4n) is 3.32. The fourth-order valence-corrected chi connectivity index (χ4v) is 3.32. The van der Waals surface area contributed by atoms with E-state index in [-0.39, 0.29) is 11.8 Å². The first-order chi connectivity index (χ1) is 13.1. The van der Waals surface area contributed by atoms with Crippen LogP contribution in [0.25, 0.3) is 0 Å². The minimum Gasteiger partial charge on any atom is -0.459 e. The van der Waals surface area contributed by atoms with Crippen molar-refractivity contribution in [1.82, 2.24) is 4.90 Å². The molecule has 144 valence electrons. The first kappa shape index (κ1) is 19.2. The topological polar surface area (TPSA) is 67.0 Å². The molecule has 1 aliphatic heterocycles. The Kier molecular flexibility index (Phi) is 6.29. The summed E-state index contributed by atoms with van der Waals surface area (Å²) in [4.78, 5) is 27.6. The number of rotatable bonds is 6. The number of anilines is 1. The van der Waals surface area contributed by atoms with Gasteiger partial charge in [0.2, 0.25) is 0 Å². The van der Waals surface area contributed by atoms with Crippen LogP contribution in [0.1, 0.15) is 42.3 Å². The maximum atomic E-state index is 12.3. The van der Waals surface area contributed by atoms with E-state index in [1.807, 2.05) is 12.1 Å². The van der Waals surface area contributed by atoms with Crippen molar-refractivity contribution in [2.75, 3.05) is 38.0 Å². The molecule has 1 saturated heterocycles. The quantitative estimate of drug-likeness (QED) is 0.814. The molecule has 0 spiro atoms. The van der Waals surface area contributed by atoms with Gasteiger partial charge in [-0.25, -0.2) is 0 Å². The molecule has 0 radical (unpaired) electrons. The highest BCUT2D eigenvalue weighted by Crippen LogP contribution is 2.20. The number of piperazine rings is 1. The van der Waals surface area contributed by atoms with E-state index in [1.165, 1.54) is 16.7 Å². The third-order valence-electron chi connectivity index (χ3n) is 5.28. The Hall–Kier alpha value is -2.60. The van der Waals surface area contributed by atoms with E-state index in [9.17, 15) is 9.59 Å². The number of nitrogens with one attached hydrogen (secondary N) is 2. The van der Waals surface area contributed by atoms with Crippen LogP contribution in [0.5, 0.6) is 0 Å². The van der Waals surface area contributed by atoms with Gasteiger partial charge in [0.25, 0.3) is 11.8 Å². The fraction of sp³-hybridized carbons (Fsp3) is 0.429. The number of amides is 2. The summed E-state index contributed by atoms with van der Waals surface area (Å²) in [6, 6.07) is 11.5. The van der Waals surface area contributed by atoms with Gasteiger partial charge >= 0.3 is 0 Å². The molecule has 1 aromatic carbocycles. The molecule has 6 nitrogen and oxygen atoms in total. The van der Waals surface area contributed by atoms with Crippen molar-refractivity contribution in [2.45, 2.75) is 26.2 Å². The van der Waals surface area contributed by atoms with Crippen molar-refractivity contribution in [1.29, 1.82) is 0 Å². The summed E-state index contributed by atoms with van der Waals surface area (Å²) in [5.41, 5.74) is 2.12. The summed E-state index contributed by atoms with van der Waals surface area (Å²) in [6.07, 6.45) is 2.61. The van der Waals surface area contributed by atoms with Gasteiger partial charge in [-0.15, -0.1) is 0 Å². The van der Waals surface area contributed by atoms with E-state index in [1.54, 1.807) is 17.0 Å². The van der Waals surface area contributed by atoms with E-state index >= 15 is 0 Å². The smallest absolute Gasteiger partial charge is 0.289 e. The summed E-state index contributed by atoms with van der Waals surface area (Å²) in [5.74, 6) is 0.827. The Morgan fingerprint density at radius 3 is 2.48 bits per heavy atom. The van der Waals surface area contributed by atoms with E-state index in [4.69, 9.17) is 4.42 Å². The molecule has 1 aliphatic rings. The molecule has 2 aromatic rings. The first-order valence-electron chi connectivity index (χ1n) is 9.63. The standard InChI is InChI=1S/C21H27N3O3/c1-3-16(2)17-6-8-18(9-7-17)22-20(25)15-23-10-12-24(13-11-23)21(26)19-5-4-14-27-19/h4-9,14,16H,3,10-13,15H2,1-2H3,(H,22,25)/p+1/t16-/m1/s1. The number of benzene rings is 1. The first-order valence-corrected chi connectivity index (χ1v) is 9.63. The monoisotopic (exact) mass is 370 g/mol. The molecular formula is C21H28N3O3+. The SMILES string of the molecule is CC[C@@H](C)c1ccc(NC(=O)C[NH+]2CCN(C(=O)c3ccco3)CC2)cc1. The largest absolute Gasteiger partial charge is 0.459 e. The minimum atomic E-state index is -0.0788. The summed E-state index contributed by atoms with van der Waals surface area (Å²) in [6.45, 7) is 7.56. The number of nitrogens with zero attached hydrogens (tertiary/aromatic N) is 1.